The summed E-state index contributed by atoms with van der Waals surface area (Å²) in [5.74, 6) is -0.668. The molecule has 0 bridgehead atoms. The molecule has 0 saturated carbocycles. The molecule has 0 unspecified atom stereocenters. The molecule has 160 valence electrons. The third-order valence-electron chi connectivity index (χ3n) is 4.20. The first kappa shape index (κ1) is 20.8. The molecule has 0 amide bonds. The van der Waals surface area contributed by atoms with Crippen molar-refractivity contribution < 1.29 is 18.7 Å². The van der Waals surface area contributed by atoms with Crippen molar-refractivity contribution in [3.8, 4) is 11.3 Å². The minimum atomic E-state index is -0.660. The van der Waals surface area contributed by atoms with Gasteiger partial charge in [0.05, 0.1) is 28.6 Å². The van der Waals surface area contributed by atoms with E-state index in [1.54, 1.807) is 17.5 Å². The van der Waals surface area contributed by atoms with Gasteiger partial charge in [0.15, 0.2) is 5.76 Å². The summed E-state index contributed by atoms with van der Waals surface area (Å²) < 4.78 is 19.8. The van der Waals surface area contributed by atoms with Crippen molar-refractivity contribution in [2.45, 2.75) is 0 Å². The zero-order valence-corrected chi connectivity index (χ0v) is 16.8. The Morgan fingerprint density at radius 3 is 2.31 bits per heavy atom. The Morgan fingerprint density at radius 1 is 0.969 bits per heavy atom. The van der Waals surface area contributed by atoms with E-state index in [2.05, 4.69) is 10.1 Å². The van der Waals surface area contributed by atoms with Gasteiger partial charge in [0, 0.05) is 23.1 Å². The second-order valence-electron chi connectivity index (χ2n) is 6.29. The Morgan fingerprint density at radius 2 is 1.69 bits per heavy atom. The number of non-ortho nitro benzene ring substituents is 1. The first-order valence-corrected chi connectivity index (χ1v) is 9.83. The van der Waals surface area contributed by atoms with Crippen LogP contribution in [0.4, 0.5) is 21.6 Å². The molecule has 2 aromatic heterocycles. The molecule has 0 saturated heterocycles. The van der Waals surface area contributed by atoms with E-state index in [0.717, 1.165) is 0 Å². The molecule has 0 atom stereocenters. The fraction of sp³-hybridized carbons (Fsp3) is 0. The van der Waals surface area contributed by atoms with Gasteiger partial charge in [-0.2, -0.15) is 5.10 Å². The molecule has 0 aliphatic carbocycles. The van der Waals surface area contributed by atoms with Gasteiger partial charge in [-0.15, -0.1) is 11.3 Å². The average Bonchev–Trinajstić information content (AvgIpc) is 3.41. The summed E-state index contributed by atoms with van der Waals surface area (Å²) in [4.78, 5) is 25.5. The van der Waals surface area contributed by atoms with Gasteiger partial charge >= 0.3 is 5.88 Å². The molecule has 0 radical (unpaired) electrons. The van der Waals surface area contributed by atoms with E-state index in [1.807, 2.05) is 0 Å². The normalized spacial score (nSPS) is 11.8. The Kier molecular flexibility index (Phi) is 5.68. The van der Waals surface area contributed by atoms with Crippen LogP contribution in [-0.4, -0.2) is 20.7 Å². The lowest BCUT2D eigenvalue weighted by molar-refractivity contribution is -0.402. The number of benzene rings is 2. The van der Waals surface area contributed by atoms with Crippen LogP contribution < -0.4 is 4.80 Å². The van der Waals surface area contributed by atoms with E-state index >= 15 is 0 Å². The lowest BCUT2D eigenvalue weighted by Crippen LogP contribution is -2.11. The Hall–Kier alpha value is -4.45. The van der Waals surface area contributed by atoms with Crippen LogP contribution in [0, 0.1) is 26.0 Å². The molecule has 4 aromatic rings. The Balaban J connectivity index is 1.80. The van der Waals surface area contributed by atoms with E-state index in [-0.39, 0.29) is 11.4 Å². The van der Waals surface area contributed by atoms with Crippen molar-refractivity contribution in [1.29, 1.82) is 0 Å². The van der Waals surface area contributed by atoms with Crippen LogP contribution in [0.1, 0.15) is 5.76 Å². The van der Waals surface area contributed by atoms with Crippen LogP contribution in [0.25, 0.3) is 11.3 Å². The molecule has 0 fully saturated rings. The van der Waals surface area contributed by atoms with Crippen LogP contribution in [-0.2, 0) is 0 Å². The highest BCUT2D eigenvalue weighted by Gasteiger charge is 2.13. The van der Waals surface area contributed by atoms with Gasteiger partial charge in [-0.3, -0.25) is 20.2 Å². The molecular formula is C20H12FN5O5S. The second-order valence-corrected chi connectivity index (χ2v) is 7.12. The van der Waals surface area contributed by atoms with Gasteiger partial charge in [0.1, 0.15) is 10.7 Å². The number of halogens is 1. The minimum Gasteiger partial charge on any atom is -0.400 e. The quantitative estimate of drug-likeness (QED) is 0.233. The number of furan rings is 1. The van der Waals surface area contributed by atoms with Crippen molar-refractivity contribution >= 4 is 34.8 Å². The molecule has 10 nitrogen and oxygen atoms in total. The average molecular weight is 453 g/mol. The SMILES string of the molecule is O=[N+]([O-])c1ccc(-c2csc(=Nc3ccc(F)cc3)n2N=Cc2ccc([N+](=O)[O-])o2)cc1. The van der Waals surface area contributed by atoms with Gasteiger partial charge in [0.2, 0.25) is 4.80 Å². The number of aromatic nitrogens is 1. The number of nitro benzene ring substituents is 1. The largest absolute Gasteiger partial charge is 0.433 e. The fourth-order valence-corrected chi connectivity index (χ4v) is 3.55. The van der Waals surface area contributed by atoms with Crippen molar-refractivity contribution in [3.63, 3.8) is 0 Å². The molecule has 0 aliphatic rings. The maximum absolute atomic E-state index is 13.2. The van der Waals surface area contributed by atoms with Crippen molar-refractivity contribution in [2.75, 3.05) is 0 Å². The summed E-state index contributed by atoms with van der Waals surface area (Å²) in [5.41, 5.74) is 1.64. The molecule has 32 heavy (non-hydrogen) atoms. The van der Waals surface area contributed by atoms with E-state index < -0.39 is 21.5 Å². The molecule has 4 rings (SSSR count). The summed E-state index contributed by atoms with van der Waals surface area (Å²) in [5, 5.41) is 27.8. The lowest BCUT2D eigenvalue weighted by atomic mass is 10.1. The zero-order chi connectivity index (χ0) is 22.7. The van der Waals surface area contributed by atoms with Crippen LogP contribution >= 0.6 is 11.3 Å². The van der Waals surface area contributed by atoms with E-state index in [0.29, 0.717) is 21.7 Å². The highest BCUT2D eigenvalue weighted by molar-refractivity contribution is 7.07. The first-order valence-electron chi connectivity index (χ1n) is 8.95. The van der Waals surface area contributed by atoms with Crippen molar-refractivity contribution in [2.24, 2.45) is 10.1 Å². The predicted molar refractivity (Wildman–Crippen MR) is 114 cm³/mol. The Bertz CT molecular complexity index is 1390. The number of thiazole rings is 1. The van der Waals surface area contributed by atoms with Crippen molar-refractivity contribution in [1.82, 2.24) is 4.68 Å². The standard InChI is InChI=1S/C20H12FN5O5S/c21-14-3-5-15(6-4-14)23-20-24(22-11-17-9-10-19(31-17)26(29)30)18(12-32-20)13-1-7-16(8-2-13)25(27)28/h1-12H. The Labute approximate surface area is 182 Å². The number of rotatable bonds is 6. The predicted octanol–water partition coefficient (Wildman–Crippen LogP) is 4.88. The molecule has 0 aliphatic heterocycles. The van der Waals surface area contributed by atoms with Crippen LogP contribution in [0.3, 0.4) is 0 Å². The third kappa shape index (κ3) is 4.49. The summed E-state index contributed by atoms with van der Waals surface area (Å²) in [6.07, 6.45) is 1.29. The number of hydrogen-bond donors (Lipinski definition) is 0. The number of nitro groups is 2. The summed E-state index contributed by atoms with van der Waals surface area (Å²) in [7, 11) is 0. The third-order valence-corrected chi connectivity index (χ3v) is 5.02. The zero-order valence-electron chi connectivity index (χ0n) is 16.0. The molecule has 0 N–H and O–H groups in total. The van der Waals surface area contributed by atoms with Gasteiger partial charge in [-0.1, -0.05) is 0 Å². The fourth-order valence-electron chi connectivity index (χ4n) is 2.69. The highest BCUT2D eigenvalue weighted by atomic mass is 32.1. The summed E-state index contributed by atoms with van der Waals surface area (Å²) in [6.45, 7) is 0. The summed E-state index contributed by atoms with van der Waals surface area (Å²) in [6, 6.07) is 14.1. The van der Waals surface area contributed by atoms with Crippen molar-refractivity contribution in [3.05, 3.63) is 103 Å². The van der Waals surface area contributed by atoms with Gasteiger partial charge in [0.25, 0.3) is 5.69 Å². The lowest BCUT2D eigenvalue weighted by Gasteiger charge is -2.03. The van der Waals surface area contributed by atoms with E-state index in [1.165, 1.54) is 70.8 Å². The number of nitrogens with zero attached hydrogens (tertiary/aromatic N) is 5. The number of hydrogen-bond acceptors (Lipinski definition) is 8. The monoisotopic (exact) mass is 453 g/mol. The minimum absolute atomic E-state index is 0.0573. The smallest absolute Gasteiger partial charge is 0.400 e. The molecular weight excluding hydrogens is 441 g/mol. The van der Waals surface area contributed by atoms with Gasteiger partial charge in [-0.05, 0) is 42.5 Å². The van der Waals surface area contributed by atoms with E-state index in [4.69, 9.17) is 4.42 Å². The van der Waals surface area contributed by atoms with Gasteiger partial charge < -0.3 is 4.42 Å². The second kappa shape index (κ2) is 8.73. The van der Waals surface area contributed by atoms with Crippen LogP contribution in [0.2, 0.25) is 0 Å². The molecule has 12 heteroatoms. The maximum Gasteiger partial charge on any atom is 0.433 e. The van der Waals surface area contributed by atoms with Gasteiger partial charge in [-0.25, -0.2) is 14.1 Å². The van der Waals surface area contributed by atoms with E-state index in [9.17, 15) is 24.6 Å². The van der Waals surface area contributed by atoms with Crippen LogP contribution in [0.15, 0.2) is 80.6 Å². The highest BCUT2D eigenvalue weighted by Crippen LogP contribution is 2.24. The topological polar surface area (TPSA) is 129 Å². The summed E-state index contributed by atoms with van der Waals surface area (Å²) >= 11 is 1.24. The maximum atomic E-state index is 13.2. The molecule has 0 spiro atoms. The molecule has 2 heterocycles. The first-order chi connectivity index (χ1) is 15.4. The van der Waals surface area contributed by atoms with Crippen LogP contribution in [0.5, 0.6) is 0 Å². The molecule has 2 aromatic carbocycles.